The zero-order valence-electron chi connectivity index (χ0n) is 16.6. The van der Waals surface area contributed by atoms with Crippen molar-refractivity contribution in [2.24, 2.45) is 0 Å². The van der Waals surface area contributed by atoms with Crippen molar-refractivity contribution in [1.29, 1.82) is 0 Å². The molecule has 0 N–H and O–H groups in total. The van der Waals surface area contributed by atoms with Crippen LogP contribution in [0, 0.1) is 0 Å². The first-order chi connectivity index (χ1) is 14.9. The van der Waals surface area contributed by atoms with Gasteiger partial charge in [-0.1, -0.05) is 17.7 Å². The van der Waals surface area contributed by atoms with Crippen molar-refractivity contribution in [1.82, 2.24) is 9.97 Å². The van der Waals surface area contributed by atoms with E-state index in [9.17, 15) is 8.42 Å². The van der Waals surface area contributed by atoms with Crippen molar-refractivity contribution in [2.45, 2.75) is 18.4 Å². The Balaban J connectivity index is 1.44. The van der Waals surface area contributed by atoms with Gasteiger partial charge in [0.05, 0.1) is 29.5 Å². The van der Waals surface area contributed by atoms with Crippen LogP contribution in [0.4, 0.5) is 0 Å². The Morgan fingerprint density at radius 1 is 1.03 bits per heavy atom. The molecule has 2 heterocycles. The number of rotatable bonds is 8. The van der Waals surface area contributed by atoms with Crippen LogP contribution in [0.5, 0.6) is 5.75 Å². The number of sulfone groups is 1. The van der Waals surface area contributed by atoms with Gasteiger partial charge in [-0.3, -0.25) is 0 Å². The molecule has 0 saturated carbocycles. The Kier molecular flexibility index (Phi) is 6.41. The van der Waals surface area contributed by atoms with Crippen molar-refractivity contribution < 1.29 is 17.6 Å². The maximum absolute atomic E-state index is 12.7. The van der Waals surface area contributed by atoms with Crippen LogP contribution in [-0.4, -0.2) is 25.0 Å². The molecule has 0 aliphatic heterocycles. The summed E-state index contributed by atoms with van der Waals surface area (Å²) in [5.41, 5.74) is 2.46. The van der Waals surface area contributed by atoms with Gasteiger partial charge < -0.3 is 9.15 Å². The lowest BCUT2D eigenvalue weighted by atomic mass is 10.2. The first kappa shape index (κ1) is 21.5. The molecule has 2 aromatic heterocycles. The van der Waals surface area contributed by atoms with Gasteiger partial charge in [-0.2, -0.15) is 0 Å². The van der Waals surface area contributed by atoms with Crippen LogP contribution < -0.4 is 4.74 Å². The molecule has 0 atom stereocenters. The van der Waals surface area contributed by atoms with Crippen LogP contribution in [0.25, 0.3) is 22.0 Å². The zero-order valence-corrected chi connectivity index (χ0v) is 19.0. The molecule has 0 saturated heterocycles. The van der Waals surface area contributed by atoms with E-state index in [-0.39, 0.29) is 11.5 Å². The number of thiazole rings is 1. The fourth-order valence-corrected chi connectivity index (χ4v) is 5.40. The molecule has 9 heteroatoms. The molecule has 6 nitrogen and oxygen atoms in total. The Morgan fingerprint density at radius 3 is 2.55 bits per heavy atom. The number of oxazole rings is 1. The van der Waals surface area contributed by atoms with E-state index in [1.54, 1.807) is 29.6 Å². The monoisotopic (exact) mass is 474 g/mol. The molecular formula is C22H19ClN2O4S2. The maximum atomic E-state index is 12.7. The third kappa shape index (κ3) is 5.52. The smallest absolute Gasteiger partial charge is 0.226 e. The van der Waals surface area contributed by atoms with E-state index < -0.39 is 9.84 Å². The molecule has 4 aromatic rings. The molecule has 0 radical (unpaired) electrons. The molecule has 0 aliphatic carbocycles. The molecule has 0 spiro atoms. The van der Waals surface area contributed by atoms with Crippen LogP contribution >= 0.6 is 22.9 Å². The molecule has 0 fully saturated rings. The average molecular weight is 475 g/mol. The molecule has 0 amide bonds. The largest absolute Gasteiger partial charge is 0.494 e. The van der Waals surface area contributed by atoms with Crippen LogP contribution in [0.2, 0.25) is 5.02 Å². The highest BCUT2D eigenvalue weighted by Crippen LogP contribution is 2.27. The third-order valence-corrected chi connectivity index (χ3v) is 6.97. The predicted molar refractivity (Wildman–Crippen MR) is 122 cm³/mol. The summed E-state index contributed by atoms with van der Waals surface area (Å²) in [7, 11) is -3.47. The number of benzene rings is 2. The van der Waals surface area contributed by atoms with Gasteiger partial charge in [-0.25, -0.2) is 18.4 Å². The quantitative estimate of drug-likeness (QED) is 0.329. The summed E-state index contributed by atoms with van der Waals surface area (Å²) >= 11 is 7.40. The second kappa shape index (κ2) is 9.21. The van der Waals surface area contributed by atoms with Gasteiger partial charge in [0.15, 0.2) is 9.84 Å². The summed E-state index contributed by atoms with van der Waals surface area (Å²) in [6, 6.07) is 14.6. The lowest BCUT2D eigenvalue weighted by molar-refractivity contribution is 0.340. The Bertz CT molecular complexity index is 1280. The second-order valence-electron chi connectivity index (χ2n) is 6.79. The van der Waals surface area contributed by atoms with Gasteiger partial charge in [0.25, 0.3) is 0 Å². The normalized spacial score (nSPS) is 11.5. The molecule has 2 aromatic carbocycles. The molecule has 160 valence electrons. The first-order valence-corrected chi connectivity index (χ1v) is 12.6. The minimum absolute atomic E-state index is 0.167. The van der Waals surface area contributed by atoms with Gasteiger partial charge in [0.1, 0.15) is 17.0 Å². The van der Waals surface area contributed by atoms with Gasteiger partial charge in [-0.05, 0) is 49.4 Å². The van der Waals surface area contributed by atoms with Gasteiger partial charge in [0, 0.05) is 21.5 Å². The highest BCUT2D eigenvalue weighted by Gasteiger charge is 2.19. The second-order valence-corrected chi connectivity index (χ2v) is 10.1. The van der Waals surface area contributed by atoms with Crippen molar-refractivity contribution >= 4 is 32.8 Å². The van der Waals surface area contributed by atoms with Crippen molar-refractivity contribution in [3.63, 3.8) is 0 Å². The van der Waals surface area contributed by atoms with Crippen LogP contribution in [0.15, 0.2) is 64.6 Å². The highest BCUT2D eigenvalue weighted by molar-refractivity contribution is 7.89. The van der Waals surface area contributed by atoms with E-state index in [1.807, 2.05) is 31.2 Å². The number of hydrogen-bond acceptors (Lipinski definition) is 7. The van der Waals surface area contributed by atoms with Crippen molar-refractivity contribution in [3.8, 4) is 27.8 Å². The van der Waals surface area contributed by atoms with E-state index in [4.69, 9.17) is 20.8 Å². The zero-order chi connectivity index (χ0) is 21.8. The number of hydrogen-bond donors (Lipinski definition) is 0. The van der Waals surface area contributed by atoms with E-state index >= 15 is 0 Å². The average Bonchev–Trinajstić information content (AvgIpc) is 3.38. The van der Waals surface area contributed by atoms with Gasteiger partial charge in [0.2, 0.25) is 5.89 Å². The molecule has 4 rings (SSSR count). The molecular weight excluding hydrogens is 456 g/mol. The van der Waals surface area contributed by atoms with E-state index in [1.165, 1.54) is 17.6 Å². The lowest BCUT2D eigenvalue weighted by Gasteiger charge is -2.03. The maximum Gasteiger partial charge on any atom is 0.226 e. The fraction of sp³-hybridized carbons (Fsp3) is 0.182. The predicted octanol–water partition coefficient (Wildman–Crippen LogP) is 5.63. The number of aromatic nitrogens is 2. The summed E-state index contributed by atoms with van der Waals surface area (Å²) in [6.45, 7) is 2.53. The first-order valence-electron chi connectivity index (χ1n) is 9.50. The third-order valence-electron chi connectivity index (χ3n) is 4.32. The minimum atomic E-state index is -3.47. The SMILES string of the molecule is CCOc1ccc(-c2nc(CS(=O)(=O)Cc3coc(-c4cccc(Cl)c4)n3)cs2)cc1. The number of ether oxygens (including phenoxy) is 1. The summed E-state index contributed by atoms with van der Waals surface area (Å²) < 4.78 is 36.2. The summed E-state index contributed by atoms with van der Waals surface area (Å²) in [6.07, 6.45) is 1.36. The fourth-order valence-electron chi connectivity index (χ4n) is 3.00. The van der Waals surface area contributed by atoms with E-state index in [0.29, 0.717) is 34.5 Å². The molecule has 0 unspecified atom stereocenters. The Labute approximate surface area is 189 Å². The number of halogens is 1. The topological polar surface area (TPSA) is 82.3 Å². The standard InChI is InChI=1S/C22H19ClN2O4S2/c1-2-28-20-8-6-15(7-9-20)22-25-19(12-30-22)14-31(26,27)13-18-11-29-21(24-18)16-4-3-5-17(23)10-16/h3-12H,2,13-14H2,1H3. The number of nitrogens with zero attached hydrogens (tertiary/aromatic N) is 2. The summed E-state index contributed by atoms with van der Waals surface area (Å²) in [5.74, 6) is 0.724. The Morgan fingerprint density at radius 2 is 1.81 bits per heavy atom. The van der Waals surface area contributed by atoms with Crippen LogP contribution in [0.3, 0.4) is 0 Å². The van der Waals surface area contributed by atoms with Crippen LogP contribution in [-0.2, 0) is 21.3 Å². The highest BCUT2D eigenvalue weighted by atomic mass is 35.5. The van der Waals surface area contributed by atoms with Crippen LogP contribution in [0.1, 0.15) is 18.3 Å². The lowest BCUT2D eigenvalue weighted by Crippen LogP contribution is -2.08. The summed E-state index contributed by atoms with van der Waals surface area (Å²) in [4.78, 5) is 8.78. The van der Waals surface area contributed by atoms with Gasteiger partial charge >= 0.3 is 0 Å². The van der Waals surface area contributed by atoms with E-state index in [0.717, 1.165) is 16.3 Å². The molecule has 0 bridgehead atoms. The minimum Gasteiger partial charge on any atom is -0.494 e. The molecule has 0 aliphatic rings. The Hall–Kier alpha value is -2.68. The molecule has 31 heavy (non-hydrogen) atoms. The van der Waals surface area contributed by atoms with Gasteiger partial charge in [-0.15, -0.1) is 11.3 Å². The summed E-state index contributed by atoms with van der Waals surface area (Å²) in [5, 5.41) is 3.08. The van der Waals surface area contributed by atoms with Crippen molar-refractivity contribution in [2.75, 3.05) is 6.61 Å². The van der Waals surface area contributed by atoms with Crippen molar-refractivity contribution in [3.05, 3.63) is 76.6 Å². The van der Waals surface area contributed by atoms with E-state index in [2.05, 4.69) is 9.97 Å².